The highest BCUT2D eigenvalue weighted by Gasteiger charge is 2.03. The smallest absolute Gasteiger partial charge is 0.0637 e. The number of anilines is 1. The summed E-state index contributed by atoms with van der Waals surface area (Å²) in [6, 6.07) is 20.8. The Labute approximate surface area is 124 Å². The van der Waals surface area contributed by atoms with Gasteiger partial charge in [0.05, 0.1) is 10.7 Å². The van der Waals surface area contributed by atoms with E-state index in [1.165, 1.54) is 21.9 Å². The van der Waals surface area contributed by atoms with Crippen LogP contribution in [0, 0.1) is 6.92 Å². The highest BCUT2D eigenvalue weighted by Crippen LogP contribution is 2.25. The Hall–Kier alpha value is -1.99. The van der Waals surface area contributed by atoms with Crippen LogP contribution >= 0.6 is 11.6 Å². The monoisotopic (exact) mass is 281 g/mol. The molecule has 0 aromatic heterocycles. The first-order valence-electron chi connectivity index (χ1n) is 6.71. The van der Waals surface area contributed by atoms with Crippen molar-refractivity contribution in [2.45, 2.75) is 13.5 Å². The van der Waals surface area contributed by atoms with Gasteiger partial charge in [-0.25, -0.2) is 0 Å². The number of fused-ring (bicyclic) bond motifs is 1. The Kier molecular flexibility index (Phi) is 3.62. The summed E-state index contributed by atoms with van der Waals surface area (Å²) < 4.78 is 0. The summed E-state index contributed by atoms with van der Waals surface area (Å²) in [6.07, 6.45) is 0. The number of hydrogen-bond acceptors (Lipinski definition) is 1. The van der Waals surface area contributed by atoms with E-state index in [9.17, 15) is 0 Å². The second-order valence-electron chi connectivity index (χ2n) is 4.98. The molecule has 0 radical (unpaired) electrons. The maximum Gasteiger partial charge on any atom is 0.0637 e. The number of aryl methyl sites for hydroxylation is 1. The van der Waals surface area contributed by atoms with Gasteiger partial charge in [-0.05, 0) is 41.0 Å². The Bertz CT molecular complexity index is 744. The summed E-state index contributed by atoms with van der Waals surface area (Å²) >= 11 is 6.22. The summed E-state index contributed by atoms with van der Waals surface area (Å²) in [5.74, 6) is 0. The molecule has 0 saturated carbocycles. The maximum absolute atomic E-state index is 6.22. The maximum atomic E-state index is 6.22. The molecule has 0 aliphatic heterocycles. The van der Waals surface area contributed by atoms with Crippen LogP contribution in [-0.2, 0) is 6.54 Å². The third kappa shape index (κ3) is 2.63. The predicted octanol–water partition coefficient (Wildman–Crippen LogP) is 5.41. The lowest BCUT2D eigenvalue weighted by Crippen LogP contribution is -2.00. The van der Waals surface area contributed by atoms with Crippen molar-refractivity contribution in [2.24, 2.45) is 0 Å². The second kappa shape index (κ2) is 5.56. The highest BCUT2D eigenvalue weighted by molar-refractivity contribution is 6.33. The molecule has 0 saturated heterocycles. The van der Waals surface area contributed by atoms with Crippen molar-refractivity contribution in [2.75, 3.05) is 5.32 Å². The van der Waals surface area contributed by atoms with Crippen molar-refractivity contribution < 1.29 is 0 Å². The zero-order valence-corrected chi connectivity index (χ0v) is 12.1. The fraction of sp³-hybridized carbons (Fsp3) is 0.111. The van der Waals surface area contributed by atoms with E-state index in [0.717, 1.165) is 17.3 Å². The van der Waals surface area contributed by atoms with Crippen molar-refractivity contribution in [1.82, 2.24) is 0 Å². The zero-order chi connectivity index (χ0) is 13.9. The van der Waals surface area contributed by atoms with Gasteiger partial charge in [-0.1, -0.05) is 60.1 Å². The number of nitrogens with one attached hydrogen (secondary N) is 1. The Morgan fingerprint density at radius 3 is 2.65 bits per heavy atom. The Balaban J connectivity index is 1.89. The van der Waals surface area contributed by atoms with Gasteiger partial charge in [0.1, 0.15) is 0 Å². The van der Waals surface area contributed by atoms with E-state index in [1.54, 1.807) is 0 Å². The fourth-order valence-corrected chi connectivity index (χ4v) is 2.60. The molecule has 100 valence electrons. The zero-order valence-electron chi connectivity index (χ0n) is 11.4. The SMILES string of the molecule is Cc1ccc(Cl)c(NCc2cccc3ccccc23)c1. The van der Waals surface area contributed by atoms with E-state index in [1.807, 2.05) is 12.1 Å². The standard InChI is InChI=1S/C18H16ClN/c1-13-9-10-17(19)18(11-13)20-12-15-7-4-6-14-5-2-3-8-16(14)15/h2-11,20H,12H2,1H3. The molecule has 20 heavy (non-hydrogen) atoms. The van der Waals surface area contributed by atoms with Crippen LogP contribution in [0.1, 0.15) is 11.1 Å². The van der Waals surface area contributed by atoms with Gasteiger partial charge in [-0.15, -0.1) is 0 Å². The summed E-state index contributed by atoms with van der Waals surface area (Å²) in [4.78, 5) is 0. The molecule has 3 aromatic rings. The van der Waals surface area contributed by atoms with Crippen LogP contribution in [0.3, 0.4) is 0 Å². The van der Waals surface area contributed by atoms with Crippen molar-refractivity contribution in [3.05, 3.63) is 76.8 Å². The van der Waals surface area contributed by atoms with Crippen molar-refractivity contribution in [3.8, 4) is 0 Å². The van der Waals surface area contributed by atoms with Gasteiger partial charge in [0.15, 0.2) is 0 Å². The van der Waals surface area contributed by atoms with Crippen LogP contribution in [0.25, 0.3) is 10.8 Å². The first-order valence-corrected chi connectivity index (χ1v) is 7.08. The molecule has 0 amide bonds. The van der Waals surface area contributed by atoms with Gasteiger partial charge in [-0.3, -0.25) is 0 Å². The predicted molar refractivity (Wildman–Crippen MR) is 87.5 cm³/mol. The third-order valence-electron chi connectivity index (χ3n) is 3.47. The quantitative estimate of drug-likeness (QED) is 0.676. The van der Waals surface area contributed by atoms with E-state index in [-0.39, 0.29) is 0 Å². The molecule has 0 bridgehead atoms. The molecule has 0 spiro atoms. The van der Waals surface area contributed by atoms with Crippen LogP contribution in [0.15, 0.2) is 60.7 Å². The molecule has 1 nitrogen and oxygen atoms in total. The van der Waals surface area contributed by atoms with Crippen molar-refractivity contribution >= 4 is 28.1 Å². The van der Waals surface area contributed by atoms with Gasteiger partial charge in [0.2, 0.25) is 0 Å². The summed E-state index contributed by atoms with van der Waals surface area (Å²) in [6.45, 7) is 2.84. The molecule has 1 N–H and O–H groups in total. The van der Waals surface area contributed by atoms with Crippen LogP contribution in [0.4, 0.5) is 5.69 Å². The topological polar surface area (TPSA) is 12.0 Å². The highest BCUT2D eigenvalue weighted by atomic mass is 35.5. The lowest BCUT2D eigenvalue weighted by molar-refractivity contribution is 1.16. The van der Waals surface area contributed by atoms with Crippen LogP contribution in [0.5, 0.6) is 0 Å². The minimum Gasteiger partial charge on any atom is -0.380 e. The molecule has 0 atom stereocenters. The normalized spacial score (nSPS) is 10.7. The lowest BCUT2D eigenvalue weighted by atomic mass is 10.0. The first kappa shape index (κ1) is 13.0. The van der Waals surface area contributed by atoms with Crippen LogP contribution in [-0.4, -0.2) is 0 Å². The van der Waals surface area contributed by atoms with Crippen molar-refractivity contribution in [1.29, 1.82) is 0 Å². The van der Waals surface area contributed by atoms with Gasteiger partial charge in [0, 0.05) is 6.54 Å². The van der Waals surface area contributed by atoms with Crippen molar-refractivity contribution in [3.63, 3.8) is 0 Å². The molecule has 0 unspecified atom stereocenters. The molecule has 0 fully saturated rings. The average molecular weight is 282 g/mol. The van der Waals surface area contributed by atoms with E-state index >= 15 is 0 Å². The minimum atomic E-state index is 0.760. The van der Waals surface area contributed by atoms with E-state index in [2.05, 4.69) is 60.8 Å². The molecule has 0 aliphatic rings. The number of benzene rings is 3. The average Bonchev–Trinajstić information content (AvgIpc) is 2.48. The molecule has 0 aliphatic carbocycles. The fourth-order valence-electron chi connectivity index (χ4n) is 2.41. The van der Waals surface area contributed by atoms with Gasteiger partial charge in [-0.2, -0.15) is 0 Å². The first-order chi connectivity index (χ1) is 9.74. The van der Waals surface area contributed by atoms with E-state index in [4.69, 9.17) is 11.6 Å². The largest absolute Gasteiger partial charge is 0.380 e. The van der Waals surface area contributed by atoms with Crippen LogP contribution < -0.4 is 5.32 Å². The van der Waals surface area contributed by atoms with E-state index < -0.39 is 0 Å². The molecular formula is C18H16ClN. The van der Waals surface area contributed by atoms with Gasteiger partial charge < -0.3 is 5.32 Å². The summed E-state index contributed by atoms with van der Waals surface area (Å²) in [5, 5.41) is 6.74. The molecular weight excluding hydrogens is 266 g/mol. The minimum absolute atomic E-state index is 0.760. The summed E-state index contributed by atoms with van der Waals surface area (Å²) in [5.41, 5.74) is 3.47. The number of halogens is 1. The Morgan fingerprint density at radius 1 is 0.950 bits per heavy atom. The molecule has 2 heteroatoms. The lowest BCUT2D eigenvalue weighted by Gasteiger charge is -2.11. The molecule has 3 rings (SSSR count). The molecule has 0 heterocycles. The Morgan fingerprint density at radius 2 is 1.75 bits per heavy atom. The van der Waals surface area contributed by atoms with Gasteiger partial charge >= 0.3 is 0 Å². The van der Waals surface area contributed by atoms with Gasteiger partial charge in [0.25, 0.3) is 0 Å². The molecule has 3 aromatic carbocycles. The third-order valence-corrected chi connectivity index (χ3v) is 3.80. The van der Waals surface area contributed by atoms with E-state index in [0.29, 0.717) is 0 Å². The number of hydrogen-bond donors (Lipinski definition) is 1. The summed E-state index contributed by atoms with van der Waals surface area (Å²) in [7, 11) is 0. The second-order valence-corrected chi connectivity index (χ2v) is 5.38. The van der Waals surface area contributed by atoms with Crippen LogP contribution in [0.2, 0.25) is 5.02 Å². The number of rotatable bonds is 3.